The molecule has 7 heteroatoms. The molecular formula is C26H35N5OS. The molecule has 6 nitrogen and oxygen atoms in total. The first-order valence-corrected chi connectivity index (χ1v) is 13.3. The zero-order valence-corrected chi connectivity index (χ0v) is 20.8. The Labute approximate surface area is 200 Å². The molecule has 1 aliphatic carbocycles. The van der Waals surface area contributed by atoms with Crippen molar-refractivity contribution in [1.82, 2.24) is 20.2 Å². The summed E-state index contributed by atoms with van der Waals surface area (Å²) in [4.78, 5) is 8.05. The van der Waals surface area contributed by atoms with Crippen molar-refractivity contribution in [2.45, 2.75) is 70.5 Å². The number of H-pyrrole nitrogens is 1. The van der Waals surface area contributed by atoms with E-state index in [1.54, 1.807) is 11.2 Å². The average molecular weight is 466 g/mol. The highest BCUT2D eigenvalue weighted by Gasteiger charge is 2.30. The van der Waals surface area contributed by atoms with Crippen molar-refractivity contribution < 1.29 is 4.74 Å². The maximum Gasteiger partial charge on any atom is 0.143 e. The second-order valence-corrected chi connectivity index (χ2v) is 11.4. The van der Waals surface area contributed by atoms with Gasteiger partial charge in [0.05, 0.1) is 29.1 Å². The van der Waals surface area contributed by atoms with E-state index in [9.17, 15) is 0 Å². The predicted molar refractivity (Wildman–Crippen MR) is 137 cm³/mol. The molecule has 2 aromatic rings. The second-order valence-electron chi connectivity index (χ2n) is 10.3. The monoisotopic (exact) mass is 465 g/mol. The molecule has 1 saturated carbocycles. The maximum absolute atomic E-state index is 5.55. The number of aromatic nitrogens is 1. The van der Waals surface area contributed by atoms with Gasteiger partial charge in [0.15, 0.2) is 0 Å². The van der Waals surface area contributed by atoms with Gasteiger partial charge in [0, 0.05) is 35.8 Å². The van der Waals surface area contributed by atoms with Crippen molar-refractivity contribution >= 4 is 33.5 Å². The van der Waals surface area contributed by atoms with Crippen LogP contribution in [0.4, 0.5) is 0 Å². The van der Waals surface area contributed by atoms with Crippen LogP contribution in [-0.2, 0) is 4.74 Å². The number of aromatic amines is 1. The predicted octanol–water partition coefficient (Wildman–Crippen LogP) is 5.19. The molecule has 1 saturated heterocycles. The van der Waals surface area contributed by atoms with Gasteiger partial charge in [-0.15, -0.1) is 11.3 Å². The first-order chi connectivity index (χ1) is 16.1. The molecule has 0 bridgehead atoms. The van der Waals surface area contributed by atoms with Gasteiger partial charge in [-0.05, 0) is 67.7 Å². The van der Waals surface area contributed by atoms with Gasteiger partial charge in [0.25, 0.3) is 0 Å². The summed E-state index contributed by atoms with van der Waals surface area (Å²) in [5.41, 5.74) is 6.53. The Kier molecular flexibility index (Phi) is 5.59. The van der Waals surface area contributed by atoms with Crippen LogP contribution in [0.3, 0.4) is 0 Å². The summed E-state index contributed by atoms with van der Waals surface area (Å²) in [6.07, 6.45) is 11.7. The normalized spacial score (nSPS) is 28.2. The molecule has 0 spiro atoms. The molecule has 1 unspecified atom stereocenters. The fourth-order valence-corrected chi connectivity index (χ4v) is 7.55. The lowest BCUT2D eigenvalue weighted by Gasteiger charge is -2.38. The van der Waals surface area contributed by atoms with Crippen LogP contribution in [0.25, 0.3) is 15.8 Å². The summed E-state index contributed by atoms with van der Waals surface area (Å²) in [6.45, 7) is 10.8. The first-order valence-electron chi connectivity index (χ1n) is 12.5. The smallest absolute Gasteiger partial charge is 0.143 e. The maximum atomic E-state index is 5.55. The van der Waals surface area contributed by atoms with Gasteiger partial charge >= 0.3 is 0 Å². The number of rotatable bonds is 4. The largest absolute Gasteiger partial charge is 0.379 e. The third-order valence-electron chi connectivity index (χ3n) is 7.83. The molecule has 1 atom stereocenters. The third kappa shape index (κ3) is 3.84. The summed E-state index contributed by atoms with van der Waals surface area (Å²) in [5.74, 6) is 1.17. The van der Waals surface area contributed by atoms with Gasteiger partial charge < -0.3 is 15.0 Å². The highest BCUT2D eigenvalue weighted by atomic mass is 32.1. The van der Waals surface area contributed by atoms with Crippen LogP contribution in [0.15, 0.2) is 29.0 Å². The number of ether oxygens (including phenoxy) is 1. The molecule has 33 heavy (non-hydrogen) atoms. The van der Waals surface area contributed by atoms with E-state index >= 15 is 0 Å². The topological polar surface area (TPSA) is 55.9 Å². The molecule has 4 aliphatic rings. The molecule has 2 aromatic heterocycles. The van der Waals surface area contributed by atoms with Crippen molar-refractivity contribution in [3.05, 3.63) is 40.0 Å². The van der Waals surface area contributed by atoms with Crippen LogP contribution in [-0.4, -0.2) is 59.7 Å². The number of allylic oxidation sites excluding steroid dienone is 2. The van der Waals surface area contributed by atoms with E-state index in [-0.39, 0.29) is 6.17 Å². The van der Waals surface area contributed by atoms with E-state index in [1.165, 1.54) is 58.3 Å². The molecule has 3 aliphatic heterocycles. The summed E-state index contributed by atoms with van der Waals surface area (Å²) in [5, 5.41) is 9.81. The van der Waals surface area contributed by atoms with Crippen LogP contribution in [0, 0.1) is 0 Å². The van der Waals surface area contributed by atoms with Crippen molar-refractivity contribution in [3.63, 3.8) is 0 Å². The Morgan fingerprint density at radius 3 is 2.70 bits per heavy atom. The van der Waals surface area contributed by atoms with Gasteiger partial charge in [-0.2, -0.15) is 5.10 Å². The van der Waals surface area contributed by atoms with Gasteiger partial charge in [-0.3, -0.25) is 4.90 Å². The van der Waals surface area contributed by atoms with Crippen LogP contribution >= 0.6 is 11.3 Å². The molecule has 176 valence electrons. The minimum Gasteiger partial charge on any atom is -0.379 e. The zero-order valence-electron chi connectivity index (χ0n) is 19.9. The molecule has 2 N–H and O–H groups in total. The summed E-state index contributed by atoms with van der Waals surface area (Å²) >= 11 is 2.03. The van der Waals surface area contributed by atoms with Crippen molar-refractivity contribution in [2.75, 3.05) is 26.3 Å². The number of nitrogens with one attached hydrogen (secondary N) is 2. The van der Waals surface area contributed by atoms with Gasteiger partial charge in [-0.1, -0.05) is 13.8 Å². The molecule has 0 radical (unpaired) electrons. The highest BCUT2D eigenvalue weighted by Crippen LogP contribution is 2.44. The van der Waals surface area contributed by atoms with Crippen LogP contribution < -0.4 is 5.32 Å². The van der Waals surface area contributed by atoms with E-state index in [0.717, 1.165) is 32.3 Å². The standard InChI is InChI=1S/C26H35N5OS/c1-16(2)23-24(19-12-17(3)26-27-15-28-31(26)14-19)29-21-13-22(33-25(21)23)18-4-6-20(7-5-18)30-8-10-32-11-9-30/h12-16,18,20,26,29H,4-11H2,1-3H3,(H,27,28). The Hall–Kier alpha value is -2.09. The minimum absolute atomic E-state index is 0.159. The average Bonchev–Trinajstić information content (AvgIpc) is 3.54. The molecule has 5 heterocycles. The van der Waals surface area contributed by atoms with E-state index in [0.29, 0.717) is 11.8 Å². The van der Waals surface area contributed by atoms with E-state index < -0.39 is 0 Å². The fourth-order valence-electron chi connectivity index (χ4n) is 6.07. The summed E-state index contributed by atoms with van der Waals surface area (Å²) < 4.78 is 7.00. The number of fused-ring (bicyclic) bond motifs is 2. The van der Waals surface area contributed by atoms with E-state index in [2.05, 4.69) is 59.4 Å². The first kappa shape index (κ1) is 21.4. The van der Waals surface area contributed by atoms with Gasteiger partial charge in [0.2, 0.25) is 0 Å². The van der Waals surface area contributed by atoms with Crippen molar-refractivity contribution in [3.8, 4) is 0 Å². The highest BCUT2D eigenvalue weighted by molar-refractivity contribution is 7.19. The molecule has 0 aromatic carbocycles. The fraction of sp³-hybridized carbons (Fsp3) is 0.577. The number of hydrazone groups is 1. The van der Waals surface area contributed by atoms with Gasteiger partial charge in [0.1, 0.15) is 12.5 Å². The van der Waals surface area contributed by atoms with Crippen LogP contribution in [0.5, 0.6) is 0 Å². The minimum atomic E-state index is 0.159. The Morgan fingerprint density at radius 2 is 1.94 bits per heavy atom. The quantitative estimate of drug-likeness (QED) is 0.653. The lowest BCUT2D eigenvalue weighted by Crippen LogP contribution is -2.44. The summed E-state index contributed by atoms with van der Waals surface area (Å²) in [6, 6.07) is 3.21. The lowest BCUT2D eigenvalue weighted by atomic mass is 9.84. The van der Waals surface area contributed by atoms with Crippen molar-refractivity contribution in [2.24, 2.45) is 5.10 Å². The number of hydrogen-bond acceptors (Lipinski definition) is 6. The SMILES string of the molecule is CC1=CC(c2[nH]c3cc(C4CCC(N5CCOCC5)CC4)sc3c2C(C)C)=CN2N=CNC12. The Morgan fingerprint density at radius 1 is 1.15 bits per heavy atom. The molecule has 6 rings (SSSR count). The molecular weight excluding hydrogens is 430 g/mol. The number of morpholine rings is 1. The number of nitrogens with zero attached hydrogens (tertiary/aromatic N) is 3. The third-order valence-corrected chi connectivity index (χ3v) is 9.16. The number of thiophene rings is 1. The van der Waals surface area contributed by atoms with E-state index in [4.69, 9.17) is 4.74 Å². The number of hydrogen-bond donors (Lipinski definition) is 2. The van der Waals surface area contributed by atoms with Gasteiger partial charge in [-0.25, -0.2) is 5.01 Å². The Bertz CT molecular complexity index is 1110. The lowest BCUT2D eigenvalue weighted by molar-refractivity contribution is 0.00737. The molecule has 0 amide bonds. The van der Waals surface area contributed by atoms with Crippen LogP contribution in [0.1, 0.15) is 74.4 Å². The Balaban J connectivity index is 1.25. The molecule has 2 fully saturated rings. The second kappa shape index (κ2) is 8.60. The van der Waals surface area contributed by atoms with E-state index in [1.807, 2.05) is 16.3 Å². The summed E-state index contributed by atoms with van der Waals surface area (Å²) in [7, 11) is 0. The zero-order chi connectivity index (χ0) is 22.5. The van der Waals surface area contributed by atoms with Crippen molar-refractivity contribution in [1.29, 1.82) is 0 Å². The van der Waals surface area contributed by atoms with Crippen LogP contribution in [0.2, 0.25) is 0 Å².